The molecule has 0 spiro atoms. The molecule has 3 aromatic rings. The van der Waals surface area contributed by atoms with Crippen LogP contribution in [0.15, 0.2) is 71.6 Å². The number of carbonyl (C=O) groups excluding carboxylic acids is 3. The van der Waals surface area contributed by atoms with E-state index in [1.54, 1.807) is 28.8 Å². The van der Waals surface area contributed by atoms with E-state index in [0.717, 1.165) is 21.6 Å². The fraction of sp³-hybridized carbons (Fsp3) is 0.323. The van der Waals surface area contributed by atoms with Crippen LogP contribution in [0.4, 0.5) is 4.79 Å². The highest BCUT2D eigenvalue weighted by Gasteiger charge is 2.40. The van der Waals surface area contributed by atoms with Gasteiger partial charge in [0.25, 0.3) is 0 Å². The van der Waals surface area contributed by atoms with E-state index in [0.29, 0.717) is 36.6 Å². The zero-order valence-electron chi connectivity index (χ0n) is 22.2. The number of ether oxygens (including phenoxy) is 2. The van der Waals surface area contributed by atoms with Crippen LogP contribution >= 0.6 is 11.8 Å². The highest BCUT2D eigenvalue weighted by atomic mass is 32.2. The molecule has 1 saturated heterocycles. The van der Waals surface area contributed by atoms with Gasteiger partial charge in [-0.15, -0.1) is 11.8 Å². The molecule has 1 aliphatic rings. The minimum Gasteiger partial charge on any atom is -0.485 e. The second-order valence-corrected chi connectivity index (χ2v) is 10.7. The second-order valence-electron chi connectivity index (χ2n) is 9.80. The van der Waals surface area contributed by atoms with Crippen molar-refractivity contribution in [1.82, 2.24) is 4.90 Å². The first-order valence-corrected chi connectivity index (χ1v) is 13.9. The van der Waals surface area contributed by atoms with Gasteiger partial charge in [0.05, 0.1) is 0 Å². The Morgan fingerprint density at radius 2 is 1.61 bits per heavy atom. The molecule has 2 atom stereocenters. The van der Waals surface area contributed by atoms with Crippen molar-refractivity contribution in [2.75, 3.05) is 26.0 Å². The summed E-state index contributed by atoms with van der Waals surface area (Å²) >= 11 is 1.63. The molecule has 1 amide bonds. The molecule has 0 aliphatic carbocycles. The maximum Gasteiger partial charge on any atom is 0.415 e. The molecule has 0 bridgehead atoms. The van der Waals surface area contributed by atoms with Gasteiger partial charge >= 0.3 is 6.09 Å². The molecule has 1 unspecified atom stereocenters. The molecule has 1 heterocycles. The van der Waals surface area contributed by atoms with Gasteiger partial charge in [-0.25, -0.2) is 4.79 Å². The summed E-state index contributed by atoms with van der Waals surface area (Å²) in [6.07, 6.45) is 2.18. The van der Waals surface area contributed by atoms with Crippen LogP contribution in [0.5, 0.6) is 11.5 Å². The van der Waals surface area contributed by atoms with Crippen molar-refractivity contribution < 1.29 is 23.9 Å². The summed E-state index contributed by atoms with van der Waals surface area (Å²) in [5.41, 5.74) is 3.59. The molecule has 4 rings (SSSR count). The van der Waals surface area contributed by atoms with Crippen LogP contribution in [0.2, 0.25) is 0 Å². The van der Waals surface area contributed by atoms with Crippen molar-refractivity contribution in [2.24, 2.45) is 11.8 Å². The Morgan fingerprint density at radius 3 is 2.21 bits per heavy atom. The fourth-order valence-electron chi connectivity index (χ4n) is 5.01. The van der Waals surface area contributed by atoms with Gasteiger partial charge in [0, 0.05) is 29.5 Å². The molecule has 6 nitrogen and oxygen atoms in total. The highest BCUT2D eigenvalue weighted by Crippen LogP contribution is 2.33. The molecule has 1 fully saturated rings. The van der Waals surface area contributed by atoms with Crippen LogP contribution in [-0.4, -0.2) is 48.5 Å². The van der Waals surface area contributed by atoms with Gasteiger partial charge in [0.15, 0.2) is 11.6 Å². The number of thioether (sulfide) groups is 1. The number of Topliss-reactive ketones (excluding diaryl/α,β-unsaturated/α-hetero) is 2. The van der Waals surface area contributed by atoms with Crippen LogP contribution in [-0.2, 0) is 11.2 Å². The molecule has 0 saturated carbocycles. The standard InChI is InChI=1S/C31H33NO5S/c1-20-14-23(15-21(2)30(20)36-19-22(3)33)16-25-17-32(31(35)37-26-8-6-5-7-9-26)18-28(25)29(34)24-10-12-27(38-4)13-11-24/h5-15,25,28H,16-19H2,1-4H3/t25-,28?/m1/s1. The van der Waals surface area contributed by atoms with E-state index in [-0.39, 0.29) is 30.0 Å². The van der Waals surface area contributed by atoms with Gasteiger partial charge in [0.1, 0.15) is 18.1 Å². The summed E-state index contributed by atoms with van der Waals surface area (Å²) in [4.78, 5) is 40.8. The SMILES string of the molecule is CSc1ccc(C(=O)C2CN(C(=O)Oc3ccccc3)C[C@H]2Cc2cc(C)c(OCC(C)=O)c(C)c2)cc1. The first-order chi connectivity index (χ1) is 18.2. The number of benzene rings is 3. The van der Waals surface area contributed by atoms with Crippen molar-refractivity contribution in [3.8, 4) is 11.5 Å². The smallest absolute Gasteiger partial charge is 0.415 e. The van der Waals surface area contributed by atoms with Gasteiger partial charge in [-0.3, -0.25) is 9.59 Å². The number of carbonyl (C=O) groups is 3. The maximum absolute atomic E-state index is 13.7. The minimum absolute atomic E-state index is 0.0340. The third-order valence-electron chi connectivity index (χ3n) is 6.80. The summed E-state index contributed by atoms with van der Waals surface area (Å²) in [6, 6.07) is 20.7. The summed E-state index contributed by atoms with van der Waals surface area (Å²) in [7, 11) is 0. The Morgan fingerprint density at radius 1 is 0.947 bits per heavy atom. The van der Waals surface area contributed by atoms with Crippen LogP contribution < -0.4 is 9.47 Å². The van der Waals surface area contributed by atoms with Crippen LogP contribution in [0.25, 0.3) is 0 Å². The number of hydrogen-bond donors (Lipinski definition) is 0. The zero-order valence-corrected chi connectivity index (χ0v) is 23.0. The van der Waals surface area contributed by atoms with Gasteiger partial charge in [-0.2, -0.15) is 0 Å². The number of rotatable bonds is 9. The number of likely N-dealkylation sites (tertiary alicyclic amines) is 1. The topological polar surface area (TPSA) is 72.9 Å². The number of nitrogens with zero attached hydrogens (tertiary/aromatic N) is 1. The summed E-state index contributed by atoms with van der Waals surface area (Å²) in [5, 5.41) is 0. The van der Waals surface area contributed by atoms with Gasteiger partial charge in [0.2, 0.25) is 0 Å². The van der Waals surface area contributed by atoms with Crippen molar-refractivity contribution in [3.63, 3.8) is 0 Å². The molecule has 38 heavy (non-hydrogen) atoms. The molecular weight excluding hydrogens is 498 g/mol. The number of ketones is 2. The van der Waals surface area contributed by atoms with Crippen LogP contribution in [0, 0.1) is 25.7 Å². The lowest BCUT2D eigenvalue weighted by Crippen LogP contribution is -2.32. The lowest BCUT2D eigenvalue weighted by molar-refractivity contribution is -0.118. The Hall–Kier alpha value is -3.58. The lowest BCUT2D eigenvalue weighted by Gasteiger charge is -2.19. The molecule has 1 aliphatic heterocycles. The van der Waals surface area contributed by atoms with Crippen molar-refractivity contribution in [1.29, 1.82) is 0 Å². The summed E-state index contributed by atoms with van der Waals surface area (Å²) in [5.74, 6) is 0.760. The first kappa shape index (κ1) is 27.5. The van der Waals surface area contributed by atoms with E-state index in [1.807, 2.05) is 74.7 Å². The maximum atomic E-state index is 13.7. The third kappa shape index (κ3) is 6.64. The summed E-state index contributed by atoms with van der Waals surface area (Å²) < 4.78 is 11.3. The van der Waals surface area contributed by atoms with Gasteiger partial charge < -0.3 is 14.4 Å². The quantitative estimate of drug-likeness (QED) is 0.243. The Balaban J connectivity index is 1.57. The third-order valence-corrected chi connectivity index (χ3v) is 7.54. The average Bonchev–Trinajstić information content (AvgIpc) is 3.32. The number of aryl methyl sites for hydroxylation is 2. The van der Waals surface area contributed by atoms with E-state index in [4.69, 9.17) is 9.47 Å². The number of hydrogen-bond acceptors (Lipinski definition) is 6. The van der Waals surface area contributed by atoms with Crippen molar-refractivity contribution >= 4 is 29.4 Å². The largest absolute Gasteiger partial charge is 0.485 e. The molecular formula is C31H33NO5S. The molecule has 0 N–H and O–H groups in total. The minimum atomic E-state index is -0.449. The van der Waals surface area contributed by atoms with Crippen LogP contribution in [0.3, 0.4) is 0 Å². The zero-order chi connectivity index (χ0) is 27.2. The molecule has 7 heteroatoms. The van der Waals surface area contributed by atoms with E-state index in [2.05, 4.69) is 0 Å². The molecule has 0 radical (unpaired) electrons. The monoisotopic (exact) mass is 531 g/mol. The van der Waals surface area contributed by atoms with Crippen molar-refractivity contribution in [2.45, 2.75) is 32.1 Å². The van der Waals surface area contributed by atoms with E-state index >= 15 is 0 Å². The molecule has 198 valence electrons. The number of para-hydroxylation sites is 1. The van der Waals surface area contributed by atoms with Crippen LogP contribution in [0.1, 0.15) is 34.0 Å². The first-order valence-electron chi connectivity index (χ1n) is 12.7. The number of amides is 1. The second kappa shape index (κ2) is 12.3. The molecule has 0 aromatic heterocycles. The molecule has 3 aromatic carbocycles. The van der Waals surface area contributed by atoms with E-state index in [9.17, 15) is 14.4 Å². The van der Waals surface area contributed by atoms with E-state index in [1.165, 1.54) is 6.92 Å². The fourth-order valence-corrected chi connectivity index (χ4v) is 5.42. The predicted molar refractivity (Wildman–Crippen MR) is 149 cm³/mol. The Kier molecular flexibility index (Phi) is 8.89. The lowest BCUT2D eigenvalue weighted by atomic mass is 9.84. The predicted octanol–water partition coefficient (Wildman–Crippen LogP) is 6.17. The Bertz CT molecular complexity index is 1280. The summed E-state index contributed by atoms with van der Waals surface area (Å²) in [6.45, 7) is 6.18. The Labute approximate surface area is 228 Å². The normalized spacial score (nSPS) is 16.8. The van der Waals surface area contributed by atoms with Crippen molar-refractivity contribution in [3.05, 3.63) is 89.0 Å². The average molecular weight is 532 g/mol. The highest BCUT2D eigenvalue weighted by molar-refractivity contribution is 7.98. The van der Waals surface area contributed by atoms with Gasteiger partial charge in [-0.05, 0) is 80.3 Å². The van der Waals surface area contributed by atoms with E-state index < -0.39 is 6.09 Å². The van der Waals surface area contributed by atoms with Gasteiger partial charge in [-0.1, -0.05) is 42.5 Å².